The van der Waals surface area contributed by atoms with Gasteiger partial charge in [0.15, 0.2) is 0 Å². The van der Waals surface area contributed by atoms with Crippen LogP contribution in [0.1, 0.15) is 41.5 Å². The molecule has 0 heterocycles. The molecule has 3 unspecified atom stereocenters. The largest absolute Gasteiger partial charge is 0.481 e. The first-order valence-corrected chi connectivity index (χ1v) is 8.18. The average Bonchev–Trinajstić information content (AvgIpc) is 2.49. The molecule has 1 aliphatic rings. The normalized spacial score (nSPS) is 24.4. The Kier molecular flexibility index (Phi) is 5.58. The molecular formula is C19H26O4. The van der Waals surface area contributed by atoms with Crippen LogP contribution in [0.3, 0.4) is 0 Å². The number of Topliss-reactive ketones (excluding diaryl/α,β-unsaturated/α-hetero) is 1. The van der Waals surface area contributed by atoms with E-state index in [1.54, 1.807) is 7.11 Å². The smallest absolute Gasteiger partial charge is 0.307 e. The maximum absolute atomic E-state index is 12.8. The summed E-state index contributed by atoms with van der Waals surface area (Å²) < 4.78 is 5.29. The molecule has 23 heavy (non-hydrogen) atoms. The topological polar surface area (TPSA) is 63.6 Å². The maximum Gasteiger partial charge on any atom is 0.307 e. The highest BCUT2D eigenvalue weighted by Crippen LogP contribution is 2.33. The number of ketones is 1. The third kappa shape index (κ3) is 3.99. The Balaban J connectivity index is 2.18. The number of hydrogen-bond acceptors (Lipinski definition) is 3. The first kappa shape index (κ1) is 17.7. The molecule has 3 atom stereocenters. The molecule has 0 spiro atoms. The molecule has 1 aromatic carbocycles. The standard InChI is InChI=1S/C19H26O4/c1-11-7-12(2)16(13(3)8-11)10-18(20)15-6-5-14(23-4)9-17(15)19(21)22/h7-8,14-15,17H,5-6,9-10H2,1-4H3,(H,21,22). The number of methoxy groups -OCH3 is 1. The van der Waals surface area contributed by atoms with E-state index in [0.29, 0.717) is 19.3 Å². The summed E-state index contributed by atoms with van der Waals surface area (Å²) in [5, 5.41) is 9.47. The lowest BCUT2D eigenvalue weighted by Gasteiger charge is -2.32. The molecule has 1 N–H and O–H groups in total. The van der Waals surface area contributed by atoms with Crippen LogP contribution in [0.15, 0.2) is 12.1 Å². The molecular weight excluding hydrogens is 292 g/mol. The molecule has 0 aliphatic heterocycles. The van der Waals surface area contributed by atoms with Gasteiger partial charge in [-0.3, -0.25) is 9.59 Å². The molecule has 1 aromatic rings. The van der Waals surface area contributed by atoms with Crippen molar-refractivity contribution in [2.24, 2.45) is 11.8 Å². The first-order chi connectivity index (χ1) is 10.8. The molecule has 0 saturated heterocycles. The molecule has 0 radical (unpaired) electrons. The Hall–Kier alpha value is -1.68. The van der Waals surface area contributed by atoms with Crippen molar-refractivity contribution in [3.8, 4) is 0 Å². The molecule has 4 nitrogen and oxygen atoms in total. The Morgan fingerprint density at radius 1 is 1.13 bits per heavy atom. The van der Waals surface area contributed by atoms with Crippen molar-refractivity contribution >= 4 is 11.8 Å². The number of carbonyl (C=O) groups excluding carboxylic acids is 1. The fourth-order valence-electron chi connectivity index (χ4n) is 3.80. The van der Waals surface area contributed by atoms with Crippen molar-refractivity contribution in [2.45, 2.75) is 52.6 Å². The second-order valence-corrected chi connectivity index (χ2v) is 6.74. The van der Waals surface area contributed by atoms with E-state index in [9.17, 15) is 14.7 Å². The zero-order valence-electron chi connectivity index (χ0n) is 14.4. The SMILES string of the molecule is COC1CCC(C(=O)Cc2c(C)cc(C)cc2C)C(C(=O)O)C1. The highest BCUT2D eigenvalue weighted by molar-refractivity contribution is 5.88. The van der Waals surface area contributed by atoms with E-state index in [-0.39, 0.29) is 11.9 Å². The molecule has 2 rings (SSSR count). The van der Waals surface area contributed by atoms with Gasteiger partial charge in [-0.05, 0) is 56.7 Å². The summed E-state index contributed by atoms with van der Waals surface area (Å²) >= 11 is 0. The van der Waals surface area contributed by atoms with Gasteiger partial charge in [0.25, 0.3) is 0 Å². The van der Waals surface area contributed by atoms with Gasteiger partial charge in [-0.25, -0.2) is 0 Å². The third-order valence-electron chi connectivity index (χ3n) is 5.06. The third-order valence-corrected chi connectivity index (χ3v) is 5.06. The predicted molar refractivity (Wildman–Crippen MR) is 88.6 cm³/mol. The summed E-state index contributed by atoms with van der Waals surface area (Å²) in [5.41, 5.74) is 4.43. The van der Waals surface area contributed by atoms with E-state index < -0.39 is 17.8 Å². The lowest BCUT2D eigenvalue weighted by molar-refractivity contribution is -0.150. The molecule has 126 valence electrons. The zero-order valence-corrected chi connectivity index (χ0v) is 14.4. The summed E-state index contributed by atoms with van der Waals surface area (Å²) in [5.74, 6) is -1.88. The average molecular weight is 318 g/mol. The van der Waals surface area contributed by atoms with E-state index >= 15 is 0 Å². The number of carboxylic acids is 1. The quantitative estimate of drug-likeness (QED) is 0.905. The Bertz CT molecular complexity index is 582. The van der Waals surface area contributed by atoms with Crippen LogP contribution >= 0.6 is 0 Å². The minimum Gasteiger partial charge on any atom is -0.481 e. The number of rotatable bonds is 5. The van der Waals surface area contributed by atoms with Crippen LogP contribution in [0.25, 0.3) is 0 Å². The van der Waals surface area contributed by atoms with Gasteiger partial charge in [0.05, 0.1) is 12.0 Å². The van der Waals surface area contributed by atoms with Gasteiger partial charge >= 0.3 is 5.97 Å². The Morgan fingerprint density at radius 3 is 2.26 bits per heavy atom. The Labute approximate surface area is 137 Å². The lowest BCUT2D eigenvalue weighted by Crippen LogP contribution is -2.38. The first-order valence-electron chi connectivity index (χ1n) is 8.18. The van der Waals surface area contributed by atoms with Crippen molar-refractivity contribution in [2.75, 3.05) is 7.11 Å². The van der Waals surface area contributed by atoms with Crippen LogP contribution in [0, 0.1) is 32.6 Å². The molecule has 1 fully saturated rings. The summed E-state index contributed by atoms with van der Waals surface area (Å²) in [4.78, 5) is 24.3. The number of aliphatic carboxylic acids is 1. The minimum absolute atomic E-state index is 0.0435. The van der Waals surface area contributed by atoms with Gasteiger partial charge in [-0.1, -0.05) is 17.7 Å². The van der Waals surface area contributed by atoms with Gasteiger partial charge in [0.2, 0.25) is 0 Å². The van der Waals surface area contributed by atoms with E-state index in [1.807, 2.05) is 20.8 Å². The van der Waals surface area contributed by atoms with E-state index in [2.05, 4.69) is 12.1 Å². The molecule has 1 aliphatic carbocycles. The van der Waals surface area contributed by atoms with E-state index in [0.717, 1.165) is 23.1 Å². The van der Waals surface area contributed by atoms with Gasteiger partial charge in [-0.2, -0.15) is 0 Å². The summed E-state index contributed by atoms with van der Waals surface area (Å²) in [6.07, 6.45) is 2.04. The van der Waals surface area contributed by atoms with Crippen molar-refractivity contribution < 1.29 is 19.4 Å². The summed E-state index contributed by atoms with van der Waals surface area (Å²) in [7, 11) is 1.60. The van der Waals surface area contributed by atoms with Crippen LogP contribution < -0.4 is 0 Å². The summed E-state index contributed by atoms with van der Waals surface area (Å²) in [6.45, 7) is 6.07. The van der Waals surface area contributed by atoms with Crippen molar-refractivity contribution in [1.29, 1.82) is 0 Å². The van der Waals surface area contributed by atoms with Crippen LogP contribution in [0.2, 0.25) is 0 Å². The molecule has 0 bridgehead atoms. The van der Waals surface area contributed by atoms with Gasteiger partial charge in [0, 0.05) is 19.4 Å². The number of benzene rings is 1. The van der Waals surface area contributed by atoms with Gasteiger partial charge in [-0.15, -0.1) is 0 Å². The zero-order chi connectivity index (χ0) is 17.1. The fourth-order valence-corrected chi connectivity index (χ4v) is 3.80. The van der Waals surface area contributed by atoms with Crippen LogP contribution in [-0.2, 0) is 20.7 Å². The van der Waals surface area contributed by atoms with Crippen molar-refractivity contribution in [3.05, 3.63) is 34.4 Å². The monoisotopic (exact) mass is 318 g/mol. The minimum atomic E-state index is -0.887. The van der Waals surface area contributed by atoms with E-state index in [4.69, 9.17) is 4.74 Å². The predicted octanol–water partition coefficient (Wildman–Crippen LogP) is 3.24. The molecule has 0 aromatic heterocycles. The van der Waals surface area contributed by atoms with Crippen LogP contribution in [0.4, 0.5) is 0 Å². The van der Waals surface area contributed by atoms with Crippen molar-refractivity contribution in [3.63, 3.8) is 0 Å². The van der Waals surface area contributed by atoms with Crippen molar-refractivity contribution in [1.82, 2.24) is 0 Å². The lowest BCUT2D eigenvalue weighted by atomic mass is 9.74. The van der Waals surface area contributed by atoms with Crippen LogP contribution in [0.5, 0.6) is 0 Å². The Morgan fingerprint density at radius 2 is 1.74 bits per heavy atom. The van der Waals surface area contributed by atoms with Crippen LogP contribution in [-0.4, -0.2) is 30.1 Å². The molecule has 1 saturated carbocycles. The second-order valence-electron chi connectivity index (χ2n) is 6.74. The van der Waals surface area contributed by atoms with Gasteiger partial charge < -0.3 is 9.84 Å². The number of ether oxygens (including phenoxy) is 1. The number of aryl methyl sites for hydroxylation is 3. The highest BCUT2D eigenvalue weighted by Gasteiger charge is 2.39. The maximum atomic E-state index is 12.8. The summed E-state index contributed by atoms with van der Waals surface area (Å²) in [6, 6.07) is 4.15. The number of carboxylic acid groups (broad SMARTS) is 1. The van der Waals surface area contributed by atoms with Gasteiger partial charge in [0.1, 0.15) is 5.78 Å². The molecule has 4 heteroatoms. The van der Waals surface area contributed by atoms with E-state index in [1.165, 1.54) is 5.56 Å². The highest BCUT2D eigenvalue weighted by atomic mass is 16.5. The fraction of sp³-hybridized carbons (Fsp3) is 0.579. The number of hydrogen-bond donors (Lipinski definition) is 1. The second kappa shape index (κ2) is 7.26. The number of carbonyl (C=O) groups is 2. The molecule has 0 amide bonds.